The van der Waals surface area contributed by atoms with Crippen LogP contribution in [-0.2, 0) is 16.1 Å². The summed E-state index contributed by atoms with van der Waals surface area (Å²) < 4.78 is 0. The van der Waals surface area contributed by atoms with Crippen LogP contribution in [0.5, 0.6) is 0 Å². The average Bonchev–Trinajstić information content (AvgIpc) is 3.29. The maximum Gasteiger partial charge on any atom is 0.229 e. The van der Waals surface area contributed by atoms with E-state index in [1.54, 1.807) is 0 Å². The van der Waals surface area contributed by atoms with E-state index in [9.17, 15) is 9.59 Å². The summed E-state index contributed by atoms with van der Waals surface area (Å²) in [5.41, 5.74) is 2.02. The SMILES string of the molecule is CCN(CC)Cc1cccc(NC(=O)C2CC(=O)N(C3CCCC3)C2)c1. The van der Waals surface area contributed by atoms with Gasteiger partial charge in [-0.2, -0.15) is 0 Å². The highest BCUT2D eigenvalue weighted by molar-refractivity contribution is 5.97. The van der Waals surface area contributed by atoms with E-state index in [0.717, 1.165) is 38.2 Å². The van der Waals surface area contributed by atoms with Gasteiger partial charge in [0, 0.05) is 31.2 Å². The van der Waals surface area contributed by atoms with Crippen LogP contribution in [0, 0.1) is 5.92 Å². The first-order chi connectivity index (χ1) is 12.6. The Labute approximate surface area is 156 Å². The van der Waals surface area contributed by atoms with Gasteiger partial charge in [-0.25, -0.2) is 0 Å². The maximum atomic E-state index is 12.7. The predicted molar refractivity (Wildman–Crippen MR) is 104 cm³/mol. The number of hydrogen-bond donors (Lipinski definition) is 1. The molecule has 1 heterocycles. The minimum absolute atomic E-state index is 0.0289. The third kappa shape index (κ3) is 4.44. The lowest BCUT2D eigenvalue weighted by Crippen LogP contribution is -2.35. The van der Waals surface area contributed by atoms with Gasteiger partial charge < -0.3 is 10.2 Å². The Morgan fingerprint density at radius 3 is 2.65 bits per heavy atom. The molecule has 0 aromatic heterocycles. The Hall–Kier alpha value is -1.88. The van der Waals surface area contributed by atoms with E-state index in [1.807, 2.05) is 23.1 Å². The molecule has 1 saturated carbocycles. The molecule has 1 saturated heterocycles. The van der Waals surface area contributed by atoms with Crippen LogP contribution >= 0.6 is 0 Å². The number of nitrogens with one attached hydrogen (secondary N) is 1. The molecule has 3 rings (SSSR count). The molecule has 142 valence electrons. The van der Waals surface area contributed by atoms with E-state index in [2.05, 4.69) is 30.1 Å². The zero-order chi connectivity index (χ0) is 18.5. The molecule has 0 spiro atoms. The summed E-state index contributed by atoms with van der Waals surface area (Å²) in [6, 6.07) is 8.41. The number of benzene rings is 1. The molecule has 0 bridgehead atoms. The predicted octanol–water partition coefficient (Wildman–Crippen LogP) is 3.26. The lowest BCUT2D eigenvalue weighted by Gasteiger charge is -2.24. The second-order valence-corrected chi connectivity index (χ2v) is 7.54. The summed E-state index contributed by atoms with van der Waals surface area (Å²) in [7, 11) is 0. The Morgan fingerprint density at radius 2 is 1.96 bits per heavy atom. The van der Waals surface area contributed by atoms with E-state index in [4.69, 9.17) is 0 Å². The van der Waals surface area contributed by atoms with Crippen molar-refractivity contribution in [3.05, 3.63) is 29.8 Å². The van der Waals surface area contributed by atoms with Crippen molar-refractivity contribution in [2.45, 2.75) is 58.5 Å². The van der Waals surface area contributed by atoms with E-state index in [1.165, 1.54) is 18.4 Å². The number of hydrogen-bond acceptors (Lipinski definition) is 3. The lowest BCUT2D eigenvalue weighted by atomic mass is 10.1. The second kappa shape index (κ2) is 8.67. The van der Waals surface area contributed by atoms with Crippen molar-refractivity contribution < 1.29 is 9.59 Å². The van der Waals surface area contributed by atoms with Crippen molar-refractivity contribution in [1.29, 1.82) is 0 Å². The van der Waals surface area contributed by atoms with Gasteiger partial charge in [-0.05, 0) is 43.6 Å². The molecule has 0 radical (unpaired) electrons. The number of likely N-dealkylation sites (tertiary alicyclic amines) is 1. The van der Waals surface area contributed by atoms with Crippen molar-refractivity contribution in [2.24, 2.45) is 5.92 Å². The molecular formula is C21H31N3O2. The van der Waals surface area contributed by atoms with Crippen molar-refractivity contribution in [3.63, 3.8) is 0 Å². The lowest BCUT2D eigenvalue weighted by molar-refractivity contribution is -0.129. The highest BCUT2D eigenvalue weighted by Crippen LogP contribution is 2.30. The van der Waals surface area contributed by atoms with Crippen LogP contribution in [0.4, 0.5) is 5.69 Å². The second-order valence-electron chi connectivity index (χ2n) is 7.54. The first-order valence-corrected chi connectivity index (χ1v) is 10.0. The summed E-state index contributed by atoms with van der Waals surface area (Å²) in [6.45, 7) is 7.79. The third-order valence-corrected chi connectivity index (χ3v) is 5.79. The summed E-state index contributed by atoms with van der Waals surface area (Å²) in [6.07, 6.45) is 4.93. The van der Waals surface area contributed by atoms with Gasteiger partial charge in [0.15, 0.2) is 0 Å². The summed E-state index contributed by atoms with van der Waals surface area (Å²) in [5.74, 6) is -0.110. The molecule has 1 atom stereocenters. The van der Waals surface area contributed by atoms with E-state index >= 15 is 0 Å². The number of amides is 2. The van der Waals surface area contributed by atoms with Gasteiger partial charge >= 0.3 is 0 Å². The Balaban J connectivity index is 1.59. The highest BCUT2D eigenvalue weighted by atomic mass is 16.2. The molecule has 26 heavy (non-hydrogen) atoms. The van der Waals surface area contributed by atoms with Crippen LogP contribution in [-0.4, -0.2) is 47.3 Å². The highest BCUT2D eigenvalue weighted by Gasteiger charge is 2.38. The van der Waals surface area contributed by atoms with Crippen molar-refractivity contribution in [2.75, 3.05) is 25.0 Å². The standard InChI is InChI=1S/C21H31N3O2/c1-3-23(4-2)14-16-8-7-9-18(12-16)22-21(26)17-13-20(25)24(15-17)19-10-5-6-11-19/h7-9,12,17,19H,3-6,10-11,13-15H2,1-2H3,(H,22,26). The van der Waals surface area contributed by atoms with Crippen LogP contribution in [0.2, 0.25) is 0 Å². The van der Waals surface area contributed by atoms with Crippen molar-refractivity contribution >= 4 is 17.5 Å². The fourth-order valence-electron chi connectivity index (χ4n) is 4.17. The van der Waals surface area contributed by atoms with Crippen LogP contribution in [0.25, 0.3) is 0 Å². The van der Waals surface area contributed by atoms with Crippen molar-refractivity contribution in [1.82, 2.24) is 9.80 Å². The molecule has 5 heteroatoms. The molecule has 1 aliphatic carbocycles. The van der Waals surface area contributed by atoms with Crippen LogP contribution in [0.3, 0.4) is 0 Å². The van der Waals surface area contributed by atoms with Crippen LogP contribution in [0.15, 0.2) is 24.3 Å². The van der Waals surface area contributed by atoms with Gasteiger partial charge in [-0.3, -0.25) is 14.5 Å². The first-order valence-electron chi connectivity index (χ1n) is 10.0. The van der Waals surface area contributed by atoms with Gasteiger partial charge in [0.05, 0.1) is 5.92 Å². The molecule has 2 amide bonds. The van der Waals surface area contributed by atoms with E-state index in [-0.39, 0.29) is 17.7 Å². The number of nitrogens with zero attached hydrogens (tertiary/aromatic N) is 2. The molecule has 1 aromatic carbocycles. The van der Waals surface area contributed by atoms with Gasteiger partial charge in [-0.1, -0.05) is 38.8 Å². The Bertz CT molecular complexity index is 636. The fraction of sp³-hybridized carbons (Fsp3) is 0.619. The van der Waals surface area contributed by atoms with Gasteiger partial charge in [0.2, 0.25) is 11.8 Å². The molecular weight excluding hydrogens is 326 g/mol. The normalized spacial score (nSPS) is 21.0. The van der Waals surface area contributed by atoms with Gasteiger partial charge in [-0.15, -0.1) is 0 Å². The largest absolute Gasteiger partial charge is 0.339 e. The minimum Gasteiger partial charge on any atom is -0.339 e. The maximum absolute atomic E-state index is 12.7. The summed E-state index contributed by atoms with van der Waals surface area (Å²) >= 11 is 0. The minimum atomic E-state index is -0.227. The summed E-state index contributed by atoms with van der Waals surface area (Å²) in [4.78, 5) is 29.3. The van der Waals surface area contributed by atoms with E-state index < -0.39 is 0 Å². The van der Waals surface area contributed by atoms with Crippen LogP contribution < -0.4 is 5.32 Å². The average molecular weight is 357 g/mol. The fourth-order valence-corrected chi connectivity index (χ4v) is 4.17. The molecule has 5 nitrogen and oxygen atoms in total. The van der Waals surface area contributed by atoms with Gasteiger partial charge in [0.25, 0.3) is 0 Å². The topological polar surface area (TPSA) is 52.7 Å². The zero-order valence-corrected chi connectivity index (χ0v) is 16.0. The van der Waals surface area contributed by atoms with E-state index in [0.29, 0.717) is 19.0 Å². The summed E-state index contributed by atoms with van der Waals surface area (Å²) in [5, 5.41) is 3.03. The third-order valence-electron chi connectivity index (χ3n) is 5.79. The smallest absolute Gasteiger partial charge is 0.229 e. The number of carbonyl (C=O) groups is 2. The van der Waals surface area contributed by atoms with Crippen LogP contribution in [0.1, 0.15) is 51.5 Å². The molecule has 1 aliphatic heterocycles. The molecule has 2 fully saturated rings. The quantitative estimate of drug-likeness (QED) is 0.815. The molecule has 1 unspecified atom stereocenters. The number of carbonyl (C=O) groups excluding carboxylic acids is 2. The zero-order valence-electron chi connectivity index (χ0n) is 16.0. The molecule has 1 aromatic rings. The molecule has 1 N–H and O–H groups in total. The monoisotopic (exact) mass is 357 g/mol. The Morgan fingerprint density at radius 1 is 1.23 bits per heavy atom. The molecule has 2 aliphatic rings. The van der Waals surface area contributed by atoms with Crippen molar-refractivity contribution in [3.8, 4) is 0 Å². The first kappa shape index (κ1) is 18.9. The number of rotatable bonds is 7. The van der Waals surface area contributed by atoms with Gasteiger partial charge in [0.1, 0.15) is 0 Å². The Kier molecular flexibility index (Phi) is 6.30. The number of anilines is 1.